The molecule has 0 aliphatic heterocycles. The highest BCUT2D eigenvalue weighted by molar-refractivity contribution is 7.10. The fourth-order valence-corrected chi connectivity index (χ4v) is 3.13. The highest BCUT2D eigenvalue weighted by atomic mass is 32.1. The molecular formula is C17H20N2S. The molecule has 0 aliphatic carbocycles. The zero-order valence-corrected chi connectivity index (χ0v) is 13.2. The summed E-state index contributed by atoms with van der Waals surface area (Å²) < 4.78 is 0. The molecule has 0 fully saturated rings. The molecule has 2 aromatic rings. The van der Waals surface area contributed by atoms with Gasteiger partial charge in [0.15, 0.2) is 0 Å². The van der Waals surface area contributed by atoms with Gasteiger partial charge in [-0.1, -0.05) is 12.1 Å². The van der Waals surface area contributed by atoms with E-state index in [0.29, 0.717) is 6.04 Å². The molecule has 1 aromatic carbocycles. The molecule has 1 atom stereocenters. The topological polar surface area (TPSA) is 35.8 Å². The molecule has 1 unspecified atom stereocenters. The van der Waals surface area contributed by atoms with E-state index < -0.39 is 5.41 Å². The van der Waals surface area contributed by atoms with Crippen LogP contribution in [0.2, 0.25) is 0 Å². The van der Waals surface area contributed by atoms with Crippen LogP contribution in [0.3, 0.4) is 0 Å². The number of nitrogens with one attached hydrogen (secondary N) is 1. The maximum atomic E-state index is 9.15. The zero-order valence-electron chi connectivity index (χ0n) is 12.4. The third-order valence-electron chi connectivity index (χ3n) is 3.56. The van der Waals surface area contributed by atoms with E-state index >= 15 is 0 Å². The van der Waals surface area contributed by atoms with Gasteiger partial charge < -0.3 is 5.32 Å². The first-order chi connectivity index (χ1) is 9.44. The van der Waals surface area contributed by atoms with Crippen LogP contribution in [-0.4, -0.2) is 0 Å². The average molecular weight is 284 g/mol. The first-order valence-electron chi connectivity index (χ1n) is 6.76. The third-order valence-corrected chi connectivity index (χ3v) is 4.77. The summed E-state index contributed by atoms with van der Waals surface area (Å²) in [5.74, 6) is 0. The summed E-state index contributed by atoms with van der Waals surface area (Å²) in [7, 11) is 0. The van der Waals surface area contributed by atoms with Gasteiger partial charge in [-0.25, -0.2) is 0 Å². The number of rotatable bonds is 4. The number of hydrogen-bond acceptors (Lipinski definition) is 3. The van der Waals surface area contributed by atoms with Crippen molar-refractivity contribution >= 4 is 17.0 Å². The molecule has 1 aromatic heterocycles. The minimum Gasteiger partial charge on any atom is -0.378 e. The van der Waals surface area contributed by atoms with Crippen molar-refractivity contribution in [1.82, 2.24) is 0 Å². The molecule has 0 bridgehead atoms. The largest absolute Gasteiger partial charge is 0.378 e. The van der Waals surface area contributed by atoms with Gasteiger partial charge in [-0.2, -0.15) is 5.26 Å². The second-order valence-electron chi connectivity index (χ2n) is 5.65. The lowest BCUT2D eigenvalue weighted by Gasteiger charge is -2.18. The summed E-state index contributed by atoms with van der Waals surface area (Å²) in [5, 5.41) is 14.8. The van der Waals surface area contributed by atoms with Crippen molar-refractivity contribution in [1.29, 1.82) is 5.26 Å². The standard InChI is InChI=1S/C17H20N2S/c1-12-9-10-20-16(12)13(2)19-15-7-5-14(6-8-15)17(3,4)11-18/h5-10,13,19H,1-4H3. The number of anilines is 1. The molecule has 1 heterocycles. The Hall–Kier alpha value is -1.79. The van der Waals surface area contributed by atoms with Crippen LogP contribution in [0.4, 0.5) is 5.69 Å². The van der Waals surface area contributed by atoms with Gasteiger partial charge in [0.25, 0.3) is 0 Å². The SMILES string of the molecule is Cc1ccsc1C(C)Nc1ccc(C(C)(C)C#N)cc1. The van der Waals surface area contributed by atoms with Gasteiger partial charge in [0.1, 0.15) is 0 Å². The van der Waals surface area contributed by atoms with Crippen molar-refractivity contribution in [3.05, 3.63) is 51.7 Å². The van der Waals surface area contributed by atoms with Crippen LogP contribution in [0.1, 0.15) is 42.8 Å². The van der Waals surface area contributed by atoms with Crippen molar-refractivity contribution in [3.8, 4) is 6.07 Å². The van der Waals surface area contributed by atoms with Gasteiger partial charge in [-0.3, -0.25) is 0 Å². The van der Waals surface area contributed by atoms with Crippen LogP contribution in [0, 0.1) is 18.3 Å². The molecule has 0 radical (unpaired) electrons. The van der Waals surface area contributed by atoms with E-state index in [1.807, 2.05) is 38.1 Å². The quantitative estimate of drug-likeness (QED) is 0.854. The van der Waals surface area contributed by atoms with E-state index in [4.69, 9.17) is 5.26 Å². The summed E-state index contributed by atoms with van der Waals surface area (Å²) in [6, 6.07) is 12.9. The van der Waals surface area contributed by atoms with Crippen LogP contribution < -0.4 is 5.32 Å². The Balaban J connectivity index is 2.12. The predicted octanol–water partition coefficient (Wildman–Crippen LogP) is 5.03. The average Bonchev–Trinajstić information content (AvgIpc) is 2.85. The number of aryl methyl sites for hydroxylation is 1. The maximum absolute atomic E-state index is 9.15. The molecule has 1 N–H and O–H groups in total. The Morgan fingerprint density at radius 2 is 1.85 bits per heavy atom. The van der Waals surface area contributed by atoms with Crippen LogP contribution in [0.5, 0.6) is 0 Å². The van der Waals surface area contributed by atoms with Crippen LogP contribution in [0.25, 0.3) is 0 Å². The number of thiophene rings is 1. The van der Waals surface area contributed by atoms with Gasteiger partial charge in [-0.05, 0) is 62.4 Å². The number of benzene rings is 1. The van der Waals surface area contributed by atoms with Crippen molar-refractivity contribution in [2.75, 3.05) is 5.32 Å². The molecule has 3 heteroatoms. The summed E-state index contributed by atoms with van der Waals surface area (Å²) in [4.78, 5) is 1.37. The Labute approximate surface area is 125 Å². The van der Waals surface area contributed by atoms with Crippen molar-refractivity contribution in [2.24, 2.45) is 0 Å². The summed E-state index contributed by atoms with van der Waals surface area (Å²) in [6.07, 6.45) is 0. The van der Waals surface area contributed by atoms with Crippen LogP contribution in [-0.2, 0) is 5.41 Å². The van der Waals surface area contributed by atoms with Crippen LogP contribution in [0.15, 0.2) is 35.7 Å². The van der Waals surface area contributed by atoms with E-state index in [9.17, 15) is 0 Å². The molecule has 2 nitrogen and oxygen atoms in total. The number of hydrogen-bond donors (Lipinski definition) is 1. The highest BCUT2D eigenvalue weighted by Gasteiger charge is 2.19. The lowest BCUT2D eigenvalue weighted by Crippen LogP contribution is -2.13. The van der Waals surface area contributed by atoms with Crippen LogP contribution >= 0.6 is 11.3 Å². The predicted molar refractivity (Wildman–Crippen MR) is 86.2 cm³/mol. The minimum atomic E-state index is -0.436. The second kappa shape index (κ2) is 5.68. The van der Waals surface area contributed by atoms with Gasteiger partial charge in [0.2, 0.25) is 0 Å². The first-order valence-corrected chi connectivity index (χ1v) is 7.64. The van der Waals surface area contributed by atoms with Gasteiger partial charge in [0.05, 0.1) is 17.5 Å². The van der Waals surface area contributed by atoms with Crippen molar-refractivity contribution in [3.63, 3.8) is 0 Å². The summed E-state index contributed by atoms with van der Waals surface area (Å²) >= 11 is 1.78. The Morgan fingerprint density at radius 1 is 1.20 bits per heavy atom. The molecule has 2 rings (SSSR count). The van der Waals surface area contributed by atoms with E-state index in [1.165, 1.54) is 10.4 Å². The van der Waals surface area contributed by atoms with E-state index in [0.717, 1.165) is 11.3 Å². The Bertz CT molecular complexity index is 617. The summed E-state index contributed by atoms with van der Waals surface area (Å²) in [5.41, 5.74) is 3.03. The fourth-order valence-electron chi connectivity index (χ4n) is 2.19. The highest BCUT2D eigenvalue weighted by Crippen LogP contribution is 2.28. The molecule has 0 saturated carbocycles. The van der Waals surface area contributed by atoms with E-state index in [1.54, 1.807) is 11.3 Å². The number of nitriles is 1. The van der Waals surface area contributed by atoms with Crippen molar-refractivity contribution in [2.45, 2.75) is 39.2 Å². The monoisotopic (exact) mass is 284 g/mol. The van der Waals surface area contributed by atoms with E-state index in [-0.39, 0.29) is 0 Å². The minimum absolute atomic E-state index is 0.296. The number of nitrogens with zero attached hydrogens (tertiary/aromatic N) is 1. The lowest BCUT2D eigenvalue weighted by molar-refractivity contribution is 0.687. The summed E-state index contributed by atoms with van der Waals surface area (Å²) in [6.45, 7) is 8.19. The third kappa shape index (κ3) is 3.02. The van der Waals surface area contributed by atoms with Gasteiger partial charge in [-0.15, -0.1) is 11.3 Å². The molecule has 20 heavy (non-hydrogen) atoms. The normalized spacial score (nSPS) is 12.8. The smallest absolute Gasteiger partial charge is 0.0766 e. The molecule has 104 valence electrons. The first kappa shape index (κ1) is 14.6. The molecule has 0 saturated heterocycles. The lowest BCUT2D eigenvalue weighted by atomic mass is 9.86. The van der Waals surface area contributed by atoms with Gasteiger partial charge in [0, 0.05) is 10.6 Å². The maximum Gasteiger partial charge on any atom is 0.0766 e. The zero-order chi connectivity index (χ0) is 14.8. The molecule has 0 spiro atoms. The fraction of sp³-hybridized carbons (Fsp3) is 0.353. The van der Waals surface area contributed by atoms with Crippen molar-refractivity contribution < 1.29 is 0 Å². The molecule has 0 aliphatic rings. The Morgan fingerprint density at radius 3 is 2.35 bits per heavy atom. The van der Waals surface area contributed by atoms with Gasteiger partial charge >= 0.3 is 0 Å². The van der Waals surface area contributed by atoms with E-state index in [2.05, 4.69) is 36.7 Å². The molecular weight excluding hydrogens is 264 g/mol. The Kier molecular flexibility index (Phi) is 4.15. The second-order valence-corrected chi connectivity index (χ2v) is 6.60. The molecule has 0 amide bonds.